The number of nitrogens with two attached hydrogens (primary N) is 1. The van der Waals surface area contributed by atoms with Gasteiger partial charge in [0.25, 0.3) is 0 Å². The molecule has 0 fully saturated rings. The Kier molecular flexibility index (Phi) is 5.27. The van der Waals surface area contributed by atoms with Gasteiger partial charge in [0, 0.05) is 6.42 Å². The number of carbonyl (C=O) groups is 2. The van der Waals surface area contributed by atoms with Gasteiger partial charge < -0.3 is 15.2 Å². The summed E-state index contributed by atoms with van der Waals surface area (Å²) in [5.74, 6) is -0.365. The number of rotatable bonds is 5. The summed E-state index contributed by atoms with van der Waals surface area (Å²) in [6.45, 7) is 5.25. The lowest BCUT2D eigenvalue weighted by Crippen LogP contribution is -2.38. The summed E-state index contributed by atoms with van der Waals surface area (Å²) in [6.07, 6.45) is -0.116. The van der Waals surface area contributed by atoms with Gasteiger partial charge in [-0.25, -0.2) is 0 Å². The normalized spacial score (nSPS) is 12.7. The lowest BCUT2D eigenvalue weighted by molar-refractivity contribution is -0.156. The monoisotopic (exact) mass is 279 g/mol. The molecule has 20 heavy (non-hydrogen) atoms. The second kappa shape index (κ2) is 6.52. The molecule has 0 heterocycles. The first-order valence-electron chi connectivity index (χ1n) is 6.39. The zero-order chi connectivity index (χ0) is 15.3. The van der Waals surface area contributed by atoms with Crippen molar-refractivity contribution in [1.82, 2.24) is 0 Å². The maximum absolute atomic E-state index is 12.1. The Morgan fingerprint density at radius 2 is 1.85 bits per heavy atom. The van der Waals surface area contributed by atoms with Crippen molar-refractivity contribution in [2.75, 3.05) is 7.11 Å². The Bertz CT molecular complexity index is 491. The molecular weight excluding hydrogens is 258 g/mol. The molecular formula is C15H21NO4. The van der Waals surface area contributed by atoms with Crippen molar-refractivity contribution in [3.05, 3.63) is 29.8 Å². The van der Waals surface area contributed by atoms with E-state index in [1.807, 2.05) is 0 Å². The molecule has 0 spiro atoms. The van der Waals surface area contributed by atoms with Crippen molar-refractivity contribution in [3.63, 3.8) is 0 Å². The van der Waals surface area contributed by atoms with Crippen LogP contribution in [0.2, 0.25) is 0 Å². The lowest BCUT2D eigenvalue weighted by Gasteiger charge is -2.22. The van der Waals surface area contributed by atoms with E-state index in [0.29, 0.717) is 11.3 Å². The fourth-order valence-electron chi connectivity index (χ4n) is 1.65. The van der Waals surface area contributed by atoms with Crippen LogP contribution in [0.25, 0.3) is 0 Å². The molecule has 1 unspecified atom stereocenters. The predicted molar refractivity (Wildman–Crippen MR) is 75.8 cm³/mol. The van der Waals surface area contributed by atoms with Gasteiger partial charge in [-0.15, -0.1) is 0 Å². The predicted octanol–water partition coefficient (Wildman–Crippen LogP) is 1.94. The Labute approximate surface area is 119 Å². The minimum atomic E-state index is -0.980. The van der Waals surface area contributed by atoms with E-state index in [1.54, 1.807) is 45.0 Å². The average molecular weight is 279 g/mol. The van der Waals surface area contributed by atoms with Gasteiger partial charge in [-0.2, -0.15) is 0 Å². The van der Waals surface area contributed by atoms with E-state index >= 15 is 0 Å². The maximum Gasteiger partial charge on any atom is 0.323 e. The van der Waals surface area contributed by atoms with E-state index in [4.69, 9.17) is 15.2 Å². The van der Waals surface area contributed by atoms with Crippen LogP contribution in [0.3, 0.4) is 0 Å². The number of benzene rings is 1. The summed E-state index contributed by atoms with van der Waals surface area (Å²) in [6, 6.07) is 5.85. The summed E-state index contributed by atoms with van der Waals surface area (Å²) in [5, 5.41) is 0. The largest absolute Gasteiger partial charge is 0.496 e. The molecule has 0 radical (unpaired) electrons. The summed E-state index contributed by atoms with van der Waals surface area (Å²) in [7, 11) is 1.49. The highest BCUT2D eigenvalue weighted by molar-refractivity contribution is 6.01. The van der Waals surface area contributed by atoms with Gasteiger partial charge in [-0.05, 0) is 32.9 Å². The minimum Gasteiger partial charge on any atom is -0.496 e. The summed E-state index contributed by atoms with van der Waals surface area (Å²) < 4.78 is 10.3. The summed E-state index contributed by atoms with van der Waals surface area (Å²) >= 11 is 0. The van der Waals surface area contributed by atoms with E-state index in [9.17, 15) is 9.59 Å². The van der Waals surface area contributed by atoms with E-state index in [-0.39, 0.29) is 12.2 Å². The second-order valence-corrected chi connectivity index (χ2v) is 5.47. The lowest BCUT2D eigenvalue weighted by atomic mass is 10.0. The Hall–Kier alpha value is -1.88. The van der Waals surface area contributed by atoms with Gasteiger partial charge in [0.1, 0.15) is 17.4 Å². The molecule has 2 N–H and O–H groups in total. The average Bonchev–Trinajstić information content (AvgIpc) is 2.36. The fraction of sp³-hybridized carbons (Fsp3) is 0.467. The molecule has 0 aliphatic rings. The van der Waals surface area contributed by atoms with Gasteiger partial charge >= 0.3 is 5.97 Å². The van der Waals surface area contributed by atoms with Crippen molar-refractivity contribution in [2.24, 2.45) is 5.73 Å². The van der Waals surface area contributed by atoms with Crippen molar-refractivity contribution >= 4 is 11.8 Å². The van der Waals surface area contributed by atoms with Gasteiger partial charge in [0.2, 0.25) is 0 Å². The molecule has 110 valence electrons. The molecule has 0 saturated carbocycles. The molecule has 0 saturated heterocycles. The molecule has 0 aliphatic heterocycles. The number of para-hydroxylation sites is 1. The van der Waals surface area contributed by atoms with Gasteiger partial charge in [-0.3, -0.25) is 9.59 Å². The number of hydrogen-bond acceptors (Lipinski definition) is 5. The Balaban J connectivity index is 2.73. The molecule has 5 nitrogen and oxygen atoms in total. The van der Waals surface area contributed by atoms with Crippen LogP contribution in [0.5, 0.6) is 5.75 Å². The van der Waals surface area contributed by atoms with Crippen molar-refractivity contribution in [3.8, 4) is 5.75 Å². The standard InChI is InChI=1S/C15H21NO4/c1-15(2,3)20-14(18)11(16)9-12(17)10-7-5-6-8-13(10)19-4/h5-8,11H,9,16H2,1-4H3. The number of ketones is 1. The zero-order valence-corrected chi connectivity index (χ0v) is 12.3. The third-order valence-corrected chi connectivity index (χ3v) is 2.52. The second-order valence-electron chi connectivity index (χ2n) is 5.47. The first-order chi connectivity index (χ1) is 9.24. The SMILES string of the molecule is COc1ccccc1C(=O)CC(N)C(=O)OC(C)(C)C. The number of esters is 1. The molecule has 1 atom stereocenters. The molecule has 1 aromatic carbocycles. The van der Waals surface area contributed by atoms with Gasteiger partial charge in [0.05, 0.1) is 12.7 Å². The molecule has 0 aromatic heterocycles. The third-order valence-electron chi connectivity index (χ3n) is 2.52. The molecule has 0 aliphatic carbocycles. The van der Waals surface area contributed by atoms with Crippen molar-refractivity contribution < 1.29 is 19.1 Å². The van der Waals surface area contributed by atoms with Crippen LogP contribution in [0.4, 0.5) is 0 Å². The van der Waals surface area contributed by atoms with Crippen LogP contribution >= 0.6 is 0 Å². The van der Waals surface area contributed by atoms with Crippen LogP contribution in [-0.4, -0.2) is 30.5 Å². The van der Waals surface area contributed by atoms with Crippen LogP contribution in [0.15, 0.2) is 24.3 Å². The van der Waals surface area contributed by atoms with E-state index in [2.05, 4.69) is 0 Å². The highest BCUT2D eigenvalue weighted by atomic mass is 16.6. The molecule has 0 amide bonds. The highest BCUT2D eigenvalue weighted by Gasteiger charge is 2.25. The van der Waals surface area contributed by atoms with Crippen LogP contribution in [0, 0.1) is 0 Å². The molecule has 1 aromatic rings. The maximum atomic E-state index is 12.1. The number of carbonyl (C=O) groups excluding carboxylic acids is 2. The molecule has 0 bridgehead atoms. The third kappa shape index (κ3) is 4.66. The van der Waals surface area contributed by atoms with Crippen LogP contribution in [-0.2, 0) is 9.53 Å². The van der Waals surface area contributed by atoms with Gasteiger partial charge in [0.15, 0.2) is 5.78 Å². The Morgan fingerprint density at radius 1 is 1.25 bits per heavy atom. The number of hydrogen-bond donors (Lipinski definition) is 1. The number of methoxy groups -OCH3 is 1. The van der Waals surface area contributed by atoms with E-state index < -0.39 is 17.6 Å². The van der Waals surface area contributed by atoms with Crippen molar-refractivity contribution in [1.29, 1.82) is 0 Å². The summed E-state index contributed by atoms with van der Waals surface area (Å²) in [5.41, 5.74) is 5.51. The topological polar surface area (TPSA) is 78.6 Å². The first-order valence-corrected chi connectivity index (χ1v) is 6.39. The van der Waals surface area contributed by atoms with E-state index in [0.717, 1.165) is 0 Å². The Morgan fingerprint density at radius 3 is 2.40 bits per heavy atom. The minimum absolute atomic E-state index is 0.116. The molecule has 5 heteroatoms. The smallest absolute Gasteiger partial charge is 0.323 e. The zero-order valence-electron chi connectivity index (χ0n) is 12.3. The van der Waals surface area contributed by atoms with Crippen LogP contribution < -0.4 is 10.5 Å². The summed E-state index contributed by atoms with van der Waals surface area (Å²) in [4.78, 5) is 23.9. The number of ether oxygens (including phenoxy) is 2. The first kappa shape index (κ1) is 16.2. The fourth-order valence-corrected chi connectivity index (χ4v) is 1.65. The van der Waals surface area contributed by atoms with Crippen LogP contribution in [0.1, 0.15) is 37.6 Å². The number of Topliss-reactive ketones (excluding diaryl/α,β-unsaturated/α-hetero) is 1. The molecule has 1 rings (SSSR count). The quantitative estimate of drug-likeness (QED) is 0.658. The van der Waals surface area contributed by atoms with Crippen molar-refractivity contribution in [2.45, 2.75) is 38.8 Å². The van der Waals surface area contributed by atoms with E-state index in [1.165, 1.54) is 7.11 Å². The highest BCUT2D eigenvalue weighted by Crippen LogP contribution is 2.20. The van der Waals surface area contributed by atoms with Gasteiger partial charge in [-0.1, -0.05) is 12.1 Å².